The van der Waals surface area contributed by atoms with Crippen molar-refractivity contribution in [3.63, 3.8) is 0 Å². The molecule has 0 saturated carbocycles. The van der Waals surface area contributed by atoms with Crippen molar-refractivity contribution in [3.8, 4) is 0 Å². The number of ether oxygens (including phenoxy) is 2. The number of hydrogen-bond acceptors (Lipinski definition) is 10. The summed E-state index contributed by atoms with van der Waals surface area (Å²) in [6.07, 6.45) is 4.20. The van der Waals surface area contributed by atoms with Crippen molar-refractivity contribution in [2.45, 2.75) is 64.7 Å². The fourth-order valence-electron chi connectivity index (χ4n) is 2.90. The summed E-state index contributed by atoms with van der Waals surface area (Å²) in [4.78, 5) is 48.4. The Kier molecular flexibility index (Phi) is 9.25. The third-order valence-corrected chi connectivity index (χ3v) is 5.07. The number of nitrogens with zero attached hydrogens (tertiary/aromatic N) is 3. The van der Waals surface area contributed by atoms with Gasteiger partial charge in [0, 0.05) is 6.42 Å². The van der Waals surface area contributed by atoms with Crippen LogP contribution in [0, 0.1) is 5.92 Å². The Morgan fingerprint density at radius 3 is 2.77 bits per heavy atom. The van der Waals surface area contributed by atoms with Gasteiger partial charge in [-0.2, -0.15) is 0 Å². The Hall–Kier alpha value is -2.66. The highest BCUT2D eigenvalue weighted by molar-refractivity contribution is 6.69. The number of rotatable bonds is 13. The molecule has 4 N–H and O–H groups in total. The first-order chi connectivity index (χ1) is 14.8. The molecule has 1 amide bonds. The van der Waals surface area contributed by atoms with Gasteiger partial charge >= 0.3 is 11.9 Å². The van der Waals surface area contributed by atoms with E-state index in [1.165, 1.54) is 6.34 Å². The molecule has 0 spiro atoms. The van der Waals surface area contributed by atoms with Gasteiger partial charge in [0.25, 0.3) is 5.91 Å². The van der Waals surface area contributed by atoms with E-state index in [0.717, 1.165) is 6.42 Å². The number of aliphatic imine (C=N–C) groups is 3. The van der Waals surface area contributed by atoms with Gasteiger partial charge in [-0.05, 0) is 31.7 Å². The average molecular weight is 437 g/mol. The summed E-state index contributed by atoms with van der Waals surface area (Å²) < 4.78 is 10.5. The van der Waals surface area contributed by atoms with Gasteiger partial charge in [-0.15, -0.1) is 0 Å². The number of carbonyl (C=O) groups is 3. The molecule has 0 radical (unpaired) electrons. The Morgan fingerprint density at radius 2 is 2.06 bits per heavy atom. The third-order valence-electron chi connectivity index (χ3n) is 5.07. The number of nitrogens with one attached hydrogen (secondary N) is 2. The van der Waals surface area contributed by atoms with Crippen molar-refractivity contribution in [1.82, 2.24) is 10.6 Å². The molecule has 0 aromatic heterocycles. The molecule has 3 atom stereocenters. The first-order valence-corrected chi connectivity index (χ1v) is 10.7. The summed E-state index contributed by atoms with van der Waals surface area (Å²) >= 11 is 0. The van der Waals surface area contributed by atoms with E-state index < -0.39 is 23.7 Å². The fourth-order valence-corrected chi connectivity index (χ4v) is 2.90. The number of carbonyl (C=O) groups excluding carboxylic acids is 3. The van der Waals surface area contributed by atoms with Gasteiger partial charge in [-0.3, -0.25) is 19.7 Å². The van der Waals surface area contributed by atoms with Crippen LogP contribution in [0.1, 0.15) is 52.9 Å². The molecule has 2 aliphatic heterocycles. The number of hydrogen-bond donors (Lipinski definition) is 3. The predicted octanol–water partition coefficient (Wildman–Crippen LogP) is 0.281. The highest BCUT2D eigenvalue weighted by atomic mass is 16.5. The molecule has 0 fully saturated rings. The smallest absolute Gasteiger partial charge is 0.323 e. The second kappa shape index (κ2) is 11.7. The van der Waals surface area contributed by atoms with Crippen LogP contribution in [0.15, 0.2) is 15.0 Å². The lowest BCUT2D eigenvalue weighted by atomic mass is 10.0. The number of esters is 2. The summed E-state index contributed by atoms with van der Waals surface area (Å²) in [6.45, 7) is 6.24. The van der Waals surface area contributed by atoms with Gasteiger partial charge in [0.15, 0.2) is 11.5 Å². The predicted molar refractivity (Wildman–Crippen MR) is 116 cm³/mol. The summed E-state index contributed by atoms with van der Waals surface area (Å²) in [5.74, 6) is -2.31. The standard InChI is InChI=1S/C20H32N6O5/c1-4-8-14(27)31-11-20(25-17-16(18(28)26-20)22-12-23-17)24-9-6-7-10-30-19(29)15(21)13(3)5-2/h12-13,15,24H,4-11,21H2,1-3H3,(H,26,28)/t13-,15-,20?/m0/s1. The Labute approximate surface area is 181 Å². The van der Waals surface area contributed by atoms with Crippen LogP contribution in [-0.2, 0) is 23.9 Å². The monoisotopic (exact) mass is 436 g/mol. The van der Waals surface area contributed by atoms with Crippen molar-refractivity contribution >= 4 is 35.7 Å². The van der Waals surface area contributed by atoms with E-state index >= 15 is 0 Å². The summed E-state index contributed by atoms with van der Waals surface area (Å²) in [6, 6.07) is -0.625. The first-order valence-electron chi connectivity index (χ1n) is 10.7. The molecule has 172 valence electrons. The van der Waals surface area contributed by atoms with E-state index in [0.29, 0.717) is 25.8 Å². The second-order valence-corrected chi connectivity index (χ2v) is 7.60. The zero-order valence-corrected chi connectivity index (χ0v) is 18.3. The van der Waals surface area contributed by atoms with Crippen LogP contribution in [0.5, 0.6) is 0 Å². The second-order valence-electron chi connectivity index (χ2n) is 7.60. The van der Waals surface area contributed by atoms with Crippen LogP contribution in [-0.4, -0.2) is 67.3 Å². The van der Waals surface area contributed by atoms with Crippen molar-refractivity contribution in [1.29, 1.82) is 0 Å². The Morgan fingerprint density at radius 1 is 1.29 bits per heavy atom. The molecule has 11 heteroatoms. The molecule has 11 nitrogen and oxygen atoms in total. The van der Waals surface area contributed by atoms with Gasteiger partial charge in [0.2, 0.25) is 5.79 Å². The molecular weight excluding hydrogens is 404 g/mol. The molecule has 0 saturated heterocycles. The molecule has 2 heterocycles. The van der Waals surface area contributed by atoms with Crippen LogP contribution >= 0.6 is 0 Å². The minimum absolute atomic E-state index is 0.0603. The lowest BCUT2D eigenvalue weighted by Crippen LogP contribution is -2.65. The van der Waals surface area contributed by atoms with E-state index in [2.05, 4.69) is 25.6 Å². The van der Waals surface area contributed by atoms with Crippen molar-refractivity contribution < 1.29 is 23.9 Å². The zero-order chi connectivity index (χ0) is 22.9. The molecule has 31 heavy (non-hydrogen) atoms. The van der Waals surface area contributed by atoms with Gasteiger partial charge in [0.05, 0.1) is 6.61 Å². The molecule has 0 aromatic rings. The lowest BCUT2D eigenvalue weighted by molar-refractivity contribution is -0.147. The number of nitrogens with two attached hydrogens (primary N) is 1. The van der Waals surface area contributed by atoms with Crippen LogP contribution < -0.4 is 16.4 Å². The van der Waals surface area contributed by atoms with Gasteiger partial charge < -0.3 is 20.5 Å². The fraction of sp³-hybridized carbons (Fsp3) is 0.700. The maximum Gasteiger partial charge on any atom is 0.323 e. The Bertz CT molecular complexity index is 765. The average Bonchev–Trinajstić information content (AvgIpc) is 3.22. The van der Waals surface area contributed by atoms with E-state index in [1.54, 1.807) is 0 Å². The largest absolute Gasteiger partial charge is 0.465 e. The quantitative estimate of drug-likeness (QED) is 0.276. The SMILES string of the molecule is CCCC(=O)OCC1(NCCCCOC(=O)[C@@H](N)[C@@H](C)CC)N=C2N=CN=C2C(=O)N1. The normalized spacial score (nSPS) is 21.5. The molecule has 2 aliphatic rings. The van der Waals surface area contributed by atoms with Crippen LogP contribution in [0.3, 0.4) is 0 Å². The van der Waals surface area contributed by atoms with Gasteiger partial charge in [0.1, 0.15) is 19.0 Å². The molecular formula is C20H32N6O5. The zero-order valence-electron chi connectivity index (χ0n) is 18.3. The molecule has 0 aliphatic carbocycles. The maximum atomic E-state index is 12.4. The molecule has 0 aromatic carbocycles. The molecule has 0 bridgehead atoms. The number of amidine groups is 1. The van der Waals surface area contributed by atoms with Crippen LogP contribution in [0.2, 0.25) is 0 Å². The van der Waals surface area contributed by atoms with Crippen LogP contribution in [0.25, 0.3) is 0 Å². The number of fused-ring (bicyclic) bond motifs is 1. The minimum atomic E-state index is -1.33. The first kappa shape index (κ1) is 24.6. The molecule has 2 rings (SSSR count). The number of unbranched alkanes of at least 4 members (excludes halogenated alkanes) is 1. The summed E-state index contributed by atoms with van der Waals surface area (Å²) in [5.41, 5.74) is 5.98. The lowest BCUT2D eigenvalue weighted by Gasteiger charge is -2.34. The third kappa shape index (κ3) is 6.93. The van der Waals surface area contributed by atoms with E-state index in [4.69, 9.17) is 15.2 Å². The van der Waals surface area contributed by atoms with Crippen molar-refractivity contribution in [3.05, 3.63) is 0 Å². The Balaban J connectivity index is 1.87. The maximum absolute atomic E-state index is 12.4. The van der Waals surface area contributed by atoms with Gasteiger partial charge in [-0.25, -0.2) is 15.0 Å². The topological polar surface area (TPSA) is 157 Å². The highest BCUT2D eigenvalue weighted by Gasteiger charge is 2.41. The number of amides is 1. The summed E-state index contributed by atoms with van der Waals surface area (Å²) in [5, 5.41) is 5.84. The minimum Gasteiger partial charge on any atom is -0.465 e. The van der Waals surface area contributed by atoms with E-state index in [9.17, 15) is 14.4 Å². The van der Waals surface area contributed by atoms with E-state index in [-0.39, 0.29) is 43.1 Å². The van der Waals surface area contributed by atoms with Crippen molar-refractivity contribution in [2.24, 2.45) is 26.6 Å². The highest BCUT2D eigenvalue weighted by Crippen LogP contribution is 2.14. The van der Waals surface area contributed by atoms with Crippen LogP contribution in [0.4, 0.5) is 0 Å². The van der Waals surface area contributed by atoms with Gasteiger partial charge in [-0.1, -0.05) is 27.2 Å². The summed E-state index contributed by atoms with van der Waals surface area (Å²) in [7, 11) is 0. The van der Waals surface area contributed by atoms with Crippen molar-refractivity contribution in [2.75, 3.05) is 19.8 Å². The molecule has 1 unspecified atom stereocenters. The van der Waals surface area contributed by atoms with E-state index in [1.807, 2.05) is 20.8 Å².